The van der Waals surface area contributed by atoms with E-state index < -0.39 is 0 Å². The lowest BCUT2D eigenvalue weighted by Crippen LogP contribution is -2.07. The van der Waals surface area contributed by atoms with E-state index in [-0.39, 0.29) is 11.9 Å². The number of hydrogen-bond acceptors (Lipinski definition) is 5. The van der Waals surface area contributed by atoms with E-state index in [2.05, 4.69) is 9.36 Å². The van der Waals surface area contributed by atoms with Gasteiger partial charge in [-0.25, -0.2) is 9.37 Å². The van der Waals surface area contributed by atoms with Gasteiger partial charge < -0.3 is 5.73 Å². The van der Waals surface area contributed by atoms with Gasteiger partial charge in [0.05, 0.1) is 0 Å². The molecule has 1 aromatic heterocycles. The van der Waals surface area contributed by atoms with Gasteiger partial charge in [0.1, 0.15) is 11.6 Å². The van der Waals surface area contributed by atoms with Crippen LogP contribution in [0, 0.1) is 19.7 Å². The highest BCUT2D eigenvalue weighted by Gasteiger charge is 2.13. The molecule has 1 heterocycles. The molecule has 0 saturated carbocycles. The lowest BCUT2D eigenvalue weighted by Gasteiger charge is -2.12. The standard InChI is InChI=1S/C12H14FN3S2/c1-6-4-11(9(7(2)14)5-10(6)13)17-12-15-8(3)16-18-12/h4-5,7H,14H2,1-3H3/t7-/m0/s1. The highest BCUT2D eigenvalue weighted by Crippen LogP contribution is 2.35. The van der Waals surface area contributed by atoms with E-state index >= 15 is 0 Å². The second kappa shape index (κ2) is 5.34. The summed E-state index contributed by atoms with van der Waals surface area (Å²) in [4.78, 5) is 5.24. The van der Waals surface area contributed by atoms with Gasteiger partial charge in [-0.1, -0.05) is 11.8 Å². The normalized spacial score (nSPS) is 12.7. The van der Waals surface area contributed by atoms with Crippen molar-refractivity contribution in [2.45, 2.75) is 36.0 Å². The molecule has 0 bridgehead atoms. The molecule has 18 heavy (non-hydrogen) atoms. The zero-order chi connectivity index (χ0) is 13.3. The topological polar surface area (TPSA) is 51.8 Å². The van der Waals surface area contributed by atoms with E-state index in [0.717, 1.165) is 20.6 Å². The summed E-state index contributed by atoms with van der Waals surface area (Å²) in [7, 11) is 0. The Morgan fingerprint density at radius 3 is 2.67 bits per heavy atom. The van der Waals surface area contributed by atoms with Crippen LogP contribution in [0.1, 0.15) is 29.9 Å². The van der Waals surface area contributed by atoms with Crippen molar-refractivity contribution < 1.29 is 4.39 Å². The maximum atomic E-state index is 13.6. The number of halogens is 1. The van der Waals surface area contributed by atoms with Crippen molar-refractivity contribution >= 4 is 23.3 Å². The number of rotatable bonds is 3. The van der Waals surface area contributed by atoms with Gasteiger partial charge >= 0.3 is 0 Å². The first-order chi connectivity index (χ1) is 8.47. The molecule has 0 fully saturated rings. The number of aryl methyl sites for hydroxylation is 2. The highest BCUT2D eigenvalue weighted by atomic mass is 32.2. The Morgan fingerprint density at radius 2 is 2.11 bits per heavy atom. The van der Waals surface area contributed by atoms with Crippen molar-refractivity contribution in [2.24, 2.45) is 5.73 Å². The quantitative estimate of drug-likeness (QED) is 0.937. The zero-order valence-electron chi connectivity index (χ0n) is 10.4. The summed E-state index contributed by atoms with van der Waals surface area (Å²) in [6, 6.07) is 3.11. The first-order valence-electron chi connectivity index (χ1n) is 5.51. The summed E-state index contributed by atoms with van der Waals surface area (Å²) in [6.07, 6.45) is 0. The maximum Gasteiger partial charge on any atom is 0.174 e. The number of benzene rings is 1. The van der Waals surface area contributed by atoms with Crippen LogP contribution in [0.15, 0.2) is 21.4 Å². The molecule has 6 heteroatoms. The van der Waals surface area contributed by atoms with Gasteiger partial charge in [-0.3, -0.25) is 0 Å². The van der Waals surface area contributed by atoms with Crippen LogP contribution in [0.5, 0.6) is 0 Å². The van der Waals surface area contributed by atoms with Crippen LogP contribution in [0.3, 0.4) is 0 Å². The van der Waals surface area contributed by atoms with Crippen molar-refractivity contribution in [2.75, 3.05) is 0 Å². The van der Waals surface area contributed by atoms with Crippen LogP contribution < -0.4 is 5.73 Å². The molecule has 0 amide bonds. The fraction of sp³-hybridized carbons (Fsp3) is 0.333. The molecule has 0 saturated heterocycles. The van der Waals surface area contributed by atoms with Gasteiger partial charge in [-0.15, -0.1) is 0 Å². The van der Waals surface area contributed by atoms with Crippen molar-refractivity contribution in [3.63, 3.8) is 0 Å². The molecule has 0 unspecified atom stereocenters. The smallest absolute Gasteiger partial charge is 0.174 e. The van der Waals surface area contributed by atoms with Crippen molar-refractivity contribution in [3.05, 3.63) is 34.9 Å². The van der Waals surface area contributed by atoms with E-state index in [1.807, 2.05) is 19.9 Å². The average molecular weight is 283 g/mol. The number of aromatic nitrogens is 2. The minimum atomic E-state index is -0.222. The average Bonchev–Trinajstić information content (AvgIpc) is 2.68. The summed E-state index contributed by atoms with van der Waals surface area (Å²) in [6.45, 7) is 5.44. The third kappa shape index (κ3) is 2.88. The Bertz CT molecular complexity index is 566. The molecule has 1 atom stereocenters. The first kappa shape index (κ1) is 13.5. The Morgan fingerprint density at radius 1 is 1.39 bits per heavy atom. The molecule has 3 nitrogen and oxygen atoms in total. The van der Waals surface area contributed by atoms with Gasteiger partial charge in [0.2, 0.25) is 0 Å². The van der Waals surface area contributed by atoms with Crippen LogP contribution >= 0.6 is 23.3 Å². The highest BCUT2D eigenvalue weighted by molar-refractivity contribution is 8.01. The van der Waals surface area contributed by atoms with Gasteiger partial charge in [0.15, 0.2) is 4.34 Å². The fourth-order valence-electron chi connectivity index (χ4n) is 1.53. The molecule has 0 radical (unpaired) electrons. The molecule has 2 N–H and O–H groups in total. The summed E-state index contributed by atoms with van der Waals surface area (Å²) < 4.78 is 18.6. The van der Waals surface area contributed by atoms with Crippen molar-refractivity contribution in [1.82, 2.24) is 9.36 Å². The third-order valence-corrected chi connectivity index (χ3v) is 4.40. The van der Waals surface area contributed by atoms with Crippen LogP contribution in [0.25, 0.3) is 0 Å². The maximum absolute atomic E-state index is 13.6. The summed E-state index contributed by atoms with van der Waals surface area (Å²) in [5, 5.41) is 0. The van der Waals surface area contributed by atoms with E-state index in [1.54, 1.807) is 6.92 Å². The number of hydrogen-bond donors (Lipinski definition) is 1. The summed E-state index contributed by atoms with van der Waals surface area (Å²) in [5.74, 6) is 0.531. The fourth-order valence-corrected chi connectivity index (χ4v) is 3.45. The second-order valence-corrected chi connectivity index (χ2v) is 6.18. The lowest BCUT2D eigenvalue weighted by molar-refractivity contribution is 0.610. The molecular formula is C12H14FN3S2. The minimum absolute atomic E-state index is 0.211. The number of nitrogens with two attached hydrogens (primary N) is 1. The zero-order valence-corrected chi connectivity index (χ0v) is 12.0. The van der Waals surface area contributed by atoms with Crippen LogP contribution in [-0.4, -0.2) is 9.36 Å². The minimum Gasteiger partial charge on any atom is -0.324 e. The van der Waals surface area contributed by atoms with E-state index in [0.29, 0.717) is 5.56 Å². The molecule has 1 aromatic carbocycles. The summed E-state index contributed by atoms with van der Waals surface area (Å²) in [5.41, 5.74) is 7.30. The molecule has 2 rings (SSSR count). The van der Waals surface area contributed by atoms with Gasteiger partial charge in [0, 0.05) is 10.9 Å². The predicted molar refractivity (Wildman–Crippen MR) is 72.5 cm³/mol. The Kier molecular flexibility index (Phi) is 3.99. The molecule has 0 aliphatic rings. The summed E-state index contributed by atoms with van der Waals surface area (Å²) >= 11 is 2.83. The monoisotopic (exact) mass is 283 g/mol. The van der Waals surface area contributed by atoms with Crippen molar-refractivity contribution in [1.29, 1.82) is 0 Å². The second-order valence-electron chi connectivity index (χ2n) is 4.14. The molecule has 96 valence electrons. The van der Waals surface area contributed by atoms with Gasteiger partial charge in [-0.2, -0.15) is 4.37 Å². The van der Waals surface area contributed by atoms with E-state index in [1.165, 1.54) is 29.4 Å². The van der Waals surface area contributed by atoms with Gasteiger partial charge in [-0.05, 0) is 55.6 Å². The lowest BCUT2D eigenvalue weighted by atomic mass is 10.1. The molecular weight excluding hydrogens is 269 g/mol. The molecule has 0 aliphatic heterocycles. The molecule has 2 aromatic rings. The Balaban J connectivity index is 2.39. The van der Waals surface area contributed by atoms with Gasteiger partial charge in [0.25, 0.3) is 0 Å². The van der Waals surface area contributed by atoms with E-state index in [9.17, 15) is 4.39 Å². The molecule has 0 spiro atoms. The largest absolute Gasteiger partial charge is 0.324 e. The van der Waals surface area contributed by atoms with Crippen molar-refractivity contribution in [3.8, 4) is 0 Å². The Labute approximate surface area is 114 Å². The first-order valence-corrected chi connectivity index (χ1v) is 7.10. The SMILES string of the molecule is Cc1nsc(Sc2cc(C)c(F)cc2[C@H](C)N)n1. The predicted octanol–water partition coefficient (Wildman–Crippen LogP) is 3.46. The molecule has 0 aliphatic carbocycles. The van der Waals surface area contributed by atoms with Crippen LogP contribution in [0.2, 0.25) is 0 Å². The van der Waals surface area contributed by atoms with E-state index in [4.69, 9.17) is 5.73 Å². The van der Waals surface area contributed by atoms with Crippen LogP contribution in [-0.2, 0) is 0 Å². The van der Waals surface area contributed by atoms with Crippen LogP contribution in [0.4, 0.5) is 4.39 Å². The third-order valence-electron chi connectivity index (χ3n) is 2.49. The number of nitrogens with zero attached hydrogens (tertiary/aromatic N) is 2. The Hall–Kier alpha value is -0.980.